The van der Waals surface area contributed by atoms with Gasteiger partial charge in [0.25, 0.3) is 0 Å². The number of ether oxygens (including phenoxy) is 2. The van der Waals surface area contributed by atoms with Gasteiger partial charge in [0.1, 0.15) is 11.9 Å². The lowest BCUT2D eigenvalue weighted by Gasteiger charge is -2.60. The van der Waals surface area contributed by atoms with E-state index in [0.29, 0.717) is 35.9 Å². The maximum absolute atomic E-state index is 13.9. The molecular weight excluding hydrogens is 588 g/mol. The Bertz CT molecular complexity index is 1350. The number of halogens is 1. The normalized spacial score (nSPS) is 30.4. The van der Waals surface area contributed by atoms with E-state index in [1.165, 1.54) is 24.9 Å². The molecule has 5 atom stereocenters. The second-order valence-electron chi connectivity index (χ2n) is 13.0. The quantitative estimate of drug-likeness (QED) is 0.351. The fraction of sp³-hybridized carbons (Fsp3) is 0.594. The highest BCUT2D eigenvalue weighted by molar-refractivity contribution is 9.10. The molecule has 5 aliphatic rings. The summed E-state index contributed by atoms with van der Waals surface area (Å²) >= 11 is 5.14. The summed E-state index contributed by atoms with van der Waals surface area (Å²) < 4.78 is 13.8. The lowest BCUT2D eigenvalue weighted by atomic mass is 9.50. The van der Waals surface area contributed by atoms with Crippen molar-refractivity contribution < 1.29 is 19.4 Å². The second-order valence-corrected chi connectivity index (χ2v) is 14.8. The van der Waals surface area contributed by atoms with Crippen molar-refractivity contribution in [3.05, 3.63) is 44.1 Å². The molecule has 0 unspecified atom stereocenters. The van der Waals surface area contributed by atoms with Crippen LogP contribution < -0.4 is 9.47 Å². The van der Waals surface area contributed by atoms with Crippen LogP contribution in [0.4, 0.5) is 0 Å². The number of rotatable bonds is 8. The SMILES string of the molecule is COc1cc(O)c2c3c1O[C@H]1[C@H](N(CC(C)C)C(=O)/C=C/c4cc(Br)cs4)CC[C@H]4[C@@H](C2)N(CC2CC2)CC[C@@]341. The Balaban J connectivity index is 1.29. The summed E-state index contributed by atoms with van der Waals surface area (Å²) in [5.74, 6) is 3.42. The third kappa shape index (κ3) is 4.23. The van der Waals surface area contributed by atoms with E-state index in [2.05, 4.69) is 39.6 Å². The minimum absolute atomic E-state index is 0.0355. The lowest BCUT2D eigenvalue weighted by molar-refractivity contribution is -0.138. The lowest BCUT2D eigenvalue weighted by Crippen LogP contribution is -2.69. The van der Waals surface area contributed by atoms with Crippen molar-refractivity contribution in [2.24, 2.45) is 17.8 Å². The number of hydrogen-bond donors (Lipinski definition) is 1. The first-order valence-electron chi connectivity index (χ1n) is 14.9. The molecule has 0 radical (unpaired) electrons. The van der Waals surface area contributed by atoms with Crippen molar-refractivity contribution in [2.75, 3.05) is 26.7 Å². The number of piperidine rings is 1. The molecule has 1 saturated heterocycles. The predicted molar refractivity (Wildman–Crippen MR) is 161 cm³/mol. The smallest absolute Gasteiger partial charge is 0.246 e. The highest BCUT2D eigenvalue weighted by Crippen LogP contribution is 2.65. The van der Waals surface area contributed by atoms with Crippen molar-refractivity contribution in [1.29, 1.82) is 0 Å². The average molecular weight is 628 g/mol. The summed E-state index contributed by atoms with van der Waals surface area (Å²) in [6.45, 7) is 7.27. The number of benzene rings is 1. The van der Waals surface area contributed by atoms with Crippen LogP contribution >= 0.6 is 27.3 Å². The first kappa shape index (κ1) is 26.8. The van der Waals surface area contributed by atoms with Gasteiger partial charge < -0.3 is 19.5 Å². The fourth-order valence-corrected chi connectivity index (χ4v) is 9.76. The van der Waals surface area contributed by atoms with E-state index in [9.17, 15) is 9.90 Å². The molecule has 1 N–H and O–H groups in total. The van der Waals surface area contributed by atoms with Crippen molar-refractivity contribution in [3.63, 3.8) is 0 Å². The molecule has 2 aromatic rings. The summed E-state index contributed by atoms with van der Waals surface area (Å²) in [7, 11) is 1.65. The minimum atomic E-state index is -0.208. The zero-order valence-electron chi connectivity index (χ0n) is 23.6. The van der Waals surface area contributed by atoms with Crippen molar-refractivity contribution in [1.82, 2.24) is 9.80 Å². The van der Waals surface area contributed by atoms with Gasteiger partial charge in [0, 0.05) is 62.5 Å². The molecule has 2 saturated carbocycles. The molecule has 1 amide bonds. The van der Waals surface area contributed by atoms with Gasteiger partial charge in [-0.25, -0.2) is 0 Å². The van der Waals surface area contributed by atoms with Gasteiger partial charge in [-0.05, 0) is 90.9 Å². The third-order valence-corrected chi connectivity index (χ3v) is 11.8. The Morgan fingerprint density at radius 1 is 1.32 bits per heavy atom. The van der Waals surface area contributed by atoms with Crippen LogP contribution in [0, 0.1) is 17.8 Å². The van der Waals surface area contributed by atoms with E-state index >= 15 is 0 Å². The maximum atomic E-state index is 13.9. The minimum Gasteiger partial charge on any atom is -0.508 e. The summed E-state index contributed by atoms with van der Waals surface area (Å²) in [6.07, 6.45) is 10.1. The Hall–Kier alpha value is -2.03. The molecular formula is C32H39BrN2O4S. The Kier molecular flexibility index (Phi) is 6.75. The van der Waals surface area contributed by atoms with E-state index in [1.807, 2.05) is 17.5 Å². The van der Waals surface area contributed by atoms with Crippen LogP contribution in [0.3, 0.4) is 0 Å². The van der Waals surface area contributed by atoms with Crippen molar-refractivity contribution in [2.45, 2.75) is 76.0 Å². The molecule has 1 aromatic heterocycles. The van der Waals surface area contributed by atoms with Gasteiger partial charge >= 0.3 is 0 Å². The van der Waals surface area contributed by atoms with E-state index in [1.54, 1.807) is 30.6 Å². The van der Waals surface area contributed by atoms with Gasteiger partial charge in [-0.3, -0.25) is 9.69 Å². The zero-order chi connectivity index (χ0) is 27.8. The van der Waals surface area contributed by atoms with Gasteiger partial charge in [0.15, 0.2) is 11.5 Å². The number of carbonyl (C=O) groups excluding carboxylic acids is 1. The largest absolute Gasteiger partial charge is 0.508 e. The van der Waals surface area contributed by atoms with Crippen LogP contribution in [-0.4, -0.2) is 65.7 Å². The molecule has 40 heavy (non-hydrogen) atoms. The van der Waals surface area contributed by atoms with Crippen LogP contribution in [0.1, 0.15) is 62.0 Å². The zero-order valence-corrected chi connectivity index (χ0v) is 26.0. The van der Waals surface area contributed by atoms with Crippen molar-refractivity contribution in [3.8, 4) is 17.2 Å². The average Bonchev–Trinajstić information content (AvgIpc) is 3.55. The summed E-state index contributed by atoms with van der Waals surface area (Å²) in [4.78, 5) is 19.8. The van der Waals surface area contributed by atoms with E-state index < -0.39 is 0 Å². The number of hydrogen-bond acceptors (Lipinski definition) is 6. The van der Waals surface area contributed by atoms with Crippen LogP contribution in [0.15, 0.2) is 28.1 Å². The summed E-state index contributed by atoms with van der Waals surface area (Å²) in [5, 5.41) is 13.3. The van der Waals surface area contributed by atoms with Gasteiger partial charge in [0.2, 0.25) is 5.91 Å². The van der Waals surface area contributed by atoms with Crippen LogP contribution in [-0.2, 0) is 16.6 Å². The first-order valence-corrected chi connectivity index (χ1v) is 16.5. The number of carbonyl (C=O) groups is 1. The molecule has 6 nitrogen and oxygen atoms in total. The Morgan fingerprint density at radius 3 is 2.85 bits per heavy atom. The molecule has 2 aliphatic heterocycles. The van der Waals surface area contributed by atoms with Gasteiger partial charge in [-0.2, -0.15) is 0 Å². The van der Waals surface area contributed by atoms with Gasteiger partial charge in [-0.15, -0.1) is 11.3 Å². The molecule has 2 bridgehead atoms. The molecule has 1 aromatic carbocycles. The Morgan fingerprint density at radius 2 is 2.15 bits per heavy atom. The number of phenols is 1. The predicted octanol–water partition coefficient (Wildman–Crippen LogP) is 6.24. The highest BCUT2D eigenvalue weighted by Gasteiger charge is 2.67. The monoisotopic (exact) mass is 626 g/mol. The topological polar surface area (TPSA) is 62.2 Å². The van der Waals surface area contributed by atoms with E-state index in [-0.39, 0.29) is 23.5 Å². The number of likely N-dealkylation sites (tertiary alicyclic amines) is 1. The maximum Gasteiger partial charge on any atom is 0.246 e. The fourth-order valence-electron chi connectivity index (χ4n) is 8.43. The third-order valence-electron chi connectivity index (χ3n) is 10.1. The number of thiophene rings is 1. The van der Waals surface area contributed by atoms with Gasteiger partial charge in [-0.1, -0.05) is 13.8 Å². The molecule has 214 valence electrons. The van der Waals surface area contributed by atoms with Crippen LogP contribution in [0.25, 0.3) is 6.08 Å². The van der Waals surface area contributed by atoms with Gasteiger partial charge in [0.05, 0.1) is 13.2 Å². The molecule has 3 aliphatic carbocycles. The molecule has 8 heteroatoms. The summed E-state index contributed by atoms with van der Waals surface area (Å²) in [6, 6.07) is 4.16. The molecule has 3 fully saturated rings. The number of nitrogens with zero attached hydrogens (tertiary/aromatic N) is 2. The first-order chi connectivity index (χ1) is 19.3. The van der Waals surface area contributed by atoms with E-state index in [0.717, 1.165) is 58.8 Å². The molecule has 3 heterocycles. The number of phenolic OH excluding ortho intramolecular Hbond substituents is 1. The van der Waals surface area contributed by atoms with Crippen molar-refractivity contribution >= 4 is 39.2 Å². The van der Waals surface area contributed by atoms with Crippen LogP contribution in [0.2, 0.25) is 0 Å². The number of methoxy groups -OCH3 is 1. The standard InChI is InChI=1S/C32H39BrN2O4S/c1-18(2)15-35(28(37)9-6-21-12-20(33)17-40-21)24-8-7-23-25-13-22-26(36)14-27(38-3)30-29(22)32(23,31(24)39-30)10-11-34(25)16-19-4-5-19/h6,9,12,14,17-19,23-25,31,36H,4-5,7-8,10-11,13,15-16H2,1-3H3/b9-6+/t23-,24+,25+,31-,32-/m0/s1. The molecule has 7 rings (SSSR count). The Labute approximate surface area is 249 Å². The molecule has 1 spiro atoms. The van der Waals surface area contributed by atoms with Crippen LogP contribution in [0.5, 0.6) is 17.2 Å². The second kappa shape index (κ2) is 10.1. The highest BCUT2D eigenvalue weighted by atomic mass is 79.9. The number of aromatic hydroxyl groups is 1. The summed E-state index contributed by atoms with van der Waals surface area (Å²) in [5.41, 5.74) is 2.02. The van der Waals surface area contributed by atoms with E-state index in [4.69, 9.17) is 9.47 Å². The number of amides is 1.